The lowest BCUT2D eigenvalue weighted by molar-refractivity contribution is 0.616. The summed E-state index contributed by atoms with van der Waals surface area (Å²) < 4.78 is 16.6. The second kappa shape index (κ2) is 3.94. The van der Waals surface area contributed by atoms with E-state index < -0.39 is 0 Å². The zero-order valence-electron chi connectivity index (χ0n) is 9.09. The molecular weight excluding hydrogens is 271 g/mol. The molecule has 16 heavy (non-hydrogen) atoms. The maximum Gasteiger partial charge on any atom is 0.149 e. The van der Waals surface area contributed by atoms with Crippen molar-refractivity contribution in [2.24, 2.45) is 0 Å². The Balaban J connectivity index is 2.67. The van der Waals surface area contributed by atoms with Crippen LogP contribution in [0.25, 0.3) is 5.69 Å². The number of hydrogen-bond acceptors (Lipinski definition) is 1. The highest BCUT2D eigenvalue weighted by Crippen LogP contribution is 2.26. The molecule has 84 valence electrons. The van der Waals surface area contributed by atoms with Gasteiger partial charge in [-0.15, -0.1) is 0 Å². The van der Waals surface area contributed by atoms with Crippen LogP contribution in [-0.2, 0) is 0 Å². The molecular formula is C12H12BrFN2. The van der Waals surface area contributed by atoms with Gasteiger partial charge in [0, 0.05) is 21.5 Å². The predicted molar refractivity (Wildman–Crippen MR) is 67.3 cm³/mol. The quantitative estimate of drug-likeness (QED) is 0.797. The summed E-state index contributed by atoms with van der Waals surface area (Å²) in [5.74, 6) is -0.311. The topological polar surface area (TPSA) is 30.9 Å². The summed E-state index contributed by atoms with van der Waals surface area (Å²) in [5, 5.41) is 0. The molecule has 1 aromatic heterocycles. The van der Waals surface area contributed by atoms with Gasteiger partial charge < -0.3 is 10.3 Å². The van der Waals surface area contributed by atoms with Crippen molar-refractivity contribution in [3.63, 3.8) is 0 Å². The van der Waals surface area contributed by atoms with Crippen LogP contribution in [-0.4, -0.2) is 4.57 Å². The maximum atomic E-state index is 13.8. The van der Waals surface area contributed by atoms with Crippen LogP contribution in [0.5, 0.6) is 0 Å². The SMILES string of the molecule is Cc1cc(Br)c(C)n1-c1ccc(N)cc1F. The van der Waals surface area contributed by atoms with E-state index in [4.69, 9.17) is 5.73 Å². The fraction of sp³-hybridized carbons (Fsp3) is 0.167. The minimum Gasteiger partial charge on any atom is -0.399 e. The van der Waals surface area contributed by atoms with E-state index in [9.17, 15) is 4.39 Å². The van der Waals surface area contributed by atoms with Crippen molar-refractivity contribution in [1.82, 2.24) is 4.57 Å². The molecule has 0 unspecified atom stereocenters. The normalized spacial score (nSPS) is 10.8. The number of rotatable bonds is 1. The highest BCUT2D eigenvalue weighted by atomic mass is 79.9. The number of anilines is 1. The third kappa shape index (κ3) is 1.73. The first-order chi connectivity index (χ1) is 7.50. The van der Waals surface area contributed by atoms with Crippen LogP contribution in [0.3, 0.4) is 0 Å². The molecule has 0 bridgehead atoms. The molecule has 0 aliphatic rings. The number of nitrogens with two attached hydrogens (primary N) is 1. The summed E-state index contributed by atoms with van der Waals surface area (Å²) in [7, 11) is 0. The Kier molecular flexibility index (Phi) is 2.76. The molecule has 0 atom stereocenters. The summed E-state index contributed by atoms with van der Waals surface area (Å²) in [6, 6.07) is 6.69. The molecule has 0 aliphatic heterocycles. The van der Waals surface area contributed by atoms with E-state index in [0.717, 1.165) is 15.9 Å². The molecule has 2 rings (SSSR count). The molecule has 0 radical (unpaired) electrons. The monoisotopic (exact) mass is 282 g/mol. The molecule has 0 amide bonds. The zero-order valence-corrected chi connectivity index (χ0v) is 10.7. The Bertz CT molecular complexity index is 546. The van der Waals surface area contributed by atoms with Gasteiger partial charge in [0.25, 0.3) is 0 Å². The summed E-state index contributed by atoms with van der Waals surface area (Å²) in [6.07, 6.45) is 0. The second-order valence-corrected chi connectivity index (χ2v) is 4.62. The zero-order chi connectivity index (χ0) is 11.9. The third-order valence-electron chi connectivity index (χ3n) is 2.58. The summed E-state index contributed by atoms with van der Waals surface area (Å²) >= 11 is 3.44. The van der Waals surface area contributed by atoms with E-state index in [1.165, 1.54) is 6.07 Å². The third-order valence-corrected chi connectivity index (χ3v) is 3.38. The molecule has 0 fully saturated rings. The summed E-state index contributed by atoms with van der Waals surface area (Å²) in [4.78, 5) is 0. The number of aryl methyl sites for hydroxylation is 1. The first-order valence-corrected chi connectivity index (χ1v) is 5.70. The molecule has 0 aliphatic carbocycles. The lowest BCUT2D eigenvalue weighted by Gasteiger charge is -2.10. The summed E-state index contributed by atoms with van der Waals surface area (Å²) in [6.45, 7) is 3.88. The van der Waals surface area contributed by atoms with Crippen LogP contribution >= 0.6 is 15.9 Å². The lowest BCUT2D eigenvalue weighted by atomic mass is 10.2. The minimum absolute atomic E-state index is 0.311. The van der Waals surface area contributed by atoms with Crippen molar-refractivity contribution < 1.29 is 4.39 Å². The van der Waals surface area contributed by atoms with E-state index in [1.54, 1.807) is 12.1 Å². The van der Waals surface area contributed by atoms with Crippen LogP contribution < -0.4 is 5.73 Å². The smallest absolute Gasteiger partial charge is 0.149 e. The van der Waals surface area contributed by atoms with Gasteiger partial charge in [-0.1, -0.05) is 0 Å². The Hall–Kier alpha value is -1.29. The molecule has 4 heteroatoms. The number of aromatic nitrogens is 1. The summed E-state index contributed by atoms with van der Waals surface area (Å²) in [5.41, 5.74) is 8.44. The first kappa shape index (κ1) is 11.2. The Morgan fingerprint density at radius 1 is 1.25 bits per heavy atom. The average molecular weight is 283 g/mol. The van der Waals surface area contributed by atoms with Crippen molar-refractivity contribution in [1.29, 1.82) is 0 Å². The van der Waals surface area contributed by atoms with E-state index in [2.05, 4.69) is 15.9 Å². The van der Waals surface area contributed by atoms with E-state index in [-0.39, 0.29) is 5.82 Å². The van der Waals surface area contributed by atoms with Gasteiger partial charge in [0.2, 0.25) is 0 Å². The highest BCUT2D eigenvalue weighted by molar-refractivity contribution is 9.10. The van der Waals surface area contributed by atoms with E-state index in [1.807, 2.05) is 24.5 Å². The van der Waals surface area contributed by atoms with Gasteiger partial charge in [0.05, 0.1) is 5.69 Å². The van der Waals surface area contributed by atoms with Gasteiger partial charge in [-0.2, -0.15) is 0 Å². The number of halogens is 2. The Morgan fingerprint density at radius 3 is 2.44 bits per heavy atom. The fourth-order valence-corrected chi connectivity index (χ4v) is 2.31. The van der Waals surface area contributed by atoms with Gasteiger partial charge in [0.15, 0.2) is 0 Å². The molecule has 2 N–H and O–H groups in total. The molecule has 1 aromatic carbocycles. The largest absolute Gasteiger partial charge is 0.399 e. The standard InChI is InChI=1S/C12H12BrFN2/c1-7-5-10(13)8(2)16(7)12-4-3-9(15)6-11(12)14/h3-6H,15H2,1-2H3. The number of nitrogens with zero attached hydrogens (tertiary/aromatic N) is 1. The maximum absolute atomic E-state index is 13.8. The van der Waals surface area contributed by atoms with Crippen LogP contribution in [0.15, 0.2) is 28.7 Å². The molecule has 2 aromatic rings. The molecule has 2 nitrogen and oxygen atoms in total. The van der Waals surface area contributed by atoms with E-state index >= 15 is 0 Å². The molecule has 1 heterocycles. The second-order valence-electron chi connectivity index (χ2n) is 3.77. The minimum atomic E-state index is -0.311. The lowest BCUT2D eigenvalue weighted by Crippen LogP contribution is -2.02. The van der Waals surface area contributed by atoms with Gasteiger partial charge in [-0.3, -0.25) is 0 Å². The van der Waals surface area contributed by atoms with Crippen molar-refractivity contribution in [2.45, 2.75) is 13.8 Å². The van der Waals surface area contributed by atoms with Crippen molar-refractivity contribution in [3.8, 4) is 5.69 Å². The Morgan fingerprint density at radius 2 is 1.94 bits per heavy atom. The number of benzene rings is 1. The van der Waals surface area contributed by atoms with E-state index in [0.29, 0.717) is 11.4 Å². The molecule has 0 saturated carbocycles. The van der Waals surface area contributed by atoms with Crippen LogP contribution in [0.2, 0.25) is 0 Å². The van der Waals surface area contributed by atoms with Gasteiger partial charge in [-0.05, 0) is 54.0 Å². The first-order valence-electron chi connectivity index (χ1n) is 4.90. The fourth-order valence-electron chi connectivity index (χ4n) is 1.80. The van der Waals surface area contributed by atoms with Gasteiger partial charge in [0.1, 0.15) is 5.82 Å². The number of nitrogen functional groups attached to an aromatic ring is 1. The van der Waals surface area contributed by atoms with Gasteiger partial charge >= 0.3 is 0 Å². The average Bonchev–Trinajstić information content (AvgIpc) is 2.43. The van der Waals surface area contributed by atoms with Crippen LogP contribution in [0, 0.1) is 19.7 Å². The van der Waals surface area contributed by atoms with Crippen LogP contribution in [0.1, 0.15) is 11.4 Å². The van der Waals surface area contributed by atoms with Gasteiger partial charge in [-0.25, -0.2) is 4.39 Å². The van der Waals surface area contributed by atoms with Crippen LogP contribution in [0.4, 0.5) is 10.1 Å². The predicted octanol–water partition coefficient (Wildman–Crippen LogP) is 3.58. The molecule has 0 spiro atoms. The van der Waals surface area contributed by atoms with Crippen molar-refractivity contribution in [3.05, 3.63) is 45.9 Å². The number of hydrogen-bond donors (Lipinski definition) is 1. The Labute approximate surface area is 102 Å². The van der Waals surface area contributed by atoms with Crippen molar-refractivity contribution in [2.75, 3.05) is 5.73 Å². The highest BCUT2D eigenvalue weighted by Gasteiger charge is 2.12. The molecule has 0 saturated heterocycles. The van der Waals surface area contributed by atoms with Crippen molar-refractivity contribution >= 4 is 21.6 Å².